The zero-order chi connectivity index (χ0) is 22.0. The van der Waals surface area contributed by atoms with Crippen LogP contribution in [0, 0.1) is 11.8 Å². The number of esters is 1. The molecule has 2 aliphatic rings. The lowest BCUT2D eigenvalue weighted by molar-refractivity contribution is -0.154. The van der Waals surface area contributed by atoms with Gasteiger partial charge in [0.05, 0.1) is 11.8 Å². The highest BCUT2D eigenvalue weighted by Crippen LogP contribution is 2.43. The normalized spacial score (nSPS) is 25.6. The van der Waals surface area contributed by atoms with Crippen LogP contribution in [0.15, 0.2) is 24.3 Å². The van der Waals surface area contributed by atoms with Crippen LogP contribution in [0.1, 0.15) is 30.1 Å². The average molecular weight is 544 g/mol. The number of ketones is 1. The number of imide groups is 1. The van der Waals surface area contributed by atoms with E-state index in [1.54, 1.807) is 24.3 Å². The van der Waals surface area contributed by atoms with Crippen molar-refractivity contribution < 1.29 is 28.7 Å². The smallest absolute Gasteiger partial charge is 0.326 e. The number of fused-ring (bicyclic) bond motifs is 1. The number of amides is 3. The molecule has 10 heteroatoms. The summed E-state index contributed by atoms with van der Waals surface area (Å²) < 4.78 is 4.92. The van der Waals surface area contributed by atoms with Gasteiger partial charge in [-0.25, -0.2) is 0 Å². The van der Waals surface area contributed by atoms with Crippen LogP contribution in [0.2, 0.25) is 0 Å². The Bertz CT molecular complexity index is 860. The van der Waals surface area contributed by atoms with Gasteiger partial charge in [-0.3, -0.25) is 28.9 Å². The standard InChI is InChI=1S/C20H20Br2N2O6/c1-10(25)11-2-4-12(5-3-11)23-17(26)9-30-18(27)8-24-19(28)13-6-15(21)16(22)7-14(13)20(24)29/h2-5,13-16H,6-9H2,1H3,(H,23,26)/t13-,14-,15+,16+/m1/s1. The van der Waals surface area contributed by atoms with Crippen LogP contribution in [-0.4, -0.2) is 57.2 Å². The maximum atomic E-state index is 12.6. The monoisotopic (exact) mass is 542 g/mol. The summed E-state index contributed by atoms with van der Waals surface area (Å²) in [6.45, 7) is 0.378. The molecule has 1 saturated carbocycles. The van der Waals surface area contributed by atoms with Gasteiger partial charge in [-0.2, -0.15) is 0 Å². The van der Waals surface area contributed by atoms with E-state index >= 15 is 0 Å². The molecule has 1 aliphatic heterocycles. The third kappa shape index (κ3) is 4.97. The van der Waals surface area contributed by atoms with Crippen molar-refractivity contribution in [3.63, 3.8) is 0 Å². The number of likely N-dealkylation sites (tertiary alicyclic amines) is 1. The van der Waals surface area contributed by atoms with Gasteiger partial charge in [0.25, 0.3) is 5.91 Å². The molecule has 3 rings (SSSR count). The molecule has 8 nitrogen and oxygen atoms in total. The Labute approximate surface area is 189 Å². The molecule has 0 unspecified atom stereocenters. The van der Waals surface area contributed by atoms with E-state index in [1.165, 1.54) is 6.92 Å². The van der Waals surface area contributed by atoms with Gasteiger partial charge in [0, 0.05) is 20.9 Å². The van der Waals surface area contributed by atoms with Gasteiger partial charge in [0.1, 0.15) is 6.54 Å². The first-order valence-electron chi connectivity index (χ1n) is 9.37. The zero-order valence-corrected chi connectivity index (χ0v) is 19.3. The minimum absolute atomic E-state index is 0.0793. The topological polar surface area (TPSA) is 110 Å². The van der Waals surface area contributed by atoms with E-state index < -0.39 is 36.9 Å². The minimum Gasteiger partial charge on any atom is -0.454 e. The Balaban J connectivity index is 1.49. The lowest BCUT2D eigenvalue weighted by Crippen LogP contribution is -2.37. The van der Waals surface area contributed by atoms with Crippen LogP contribution < -0.4 is 5.32 Å². The van der Waals surface area contributed by atoms with Crippen molar-refractivity contribution >= 4 is 67.0 Å². The van der Waals surface area contributed by atoms with E-state index in [0.717, 1.165) is 4.90 Å². The number of rotatable bonds is 6. The Morgan fingerprint density at radius 2 is 1.57 bits per heavy atom. The van der Waals surface area contributed by atoms with E-state index in [2.05, 4.69) is 37.2 Å². The predicted molar refractivity (Wildman–Crippen MR) is 114 cm³/mol. The lowest BCUT2D eigenvalue weighted by Gasteiger charge is -2.29. The number of benzene rings is 1. The fraction of sp³-hybridized carbons (Fsp3) is 0.450. The molecule has 2 fully saturated rings. The summed E-state index contributed by atoms with van der Waals surface area (Å²) in [5.41, 5.74) is 0.959. The third-order valence-electron chi connectivity index (χ3n) is 5.23. The molecule has 4 atom stereocenters. The van der Waals surface area contributed by atoms with E-state index in [0.29, 0.717) is 24.1 Å². The van der Waals surface area contributed by atoms with Crippen molar-refractivity contribution in [1.29, 1.82) is 0 Å². The van der Waals surface area contributed by atoms with Crippen molar-refractivity contribution in [2.75, 3.05) is 18.5 Å². The Kier molecular flexibility index (Phi) is 7.07. The van der Waals surface area contributed by atoms with E-state index in [1.807, 2.05) is 0 Å². The highest BCUT2D eigenvalue weighted by molar-refractivity contribution is 9.12. The molecule has 1 heterocycles. The molecule has 0 aromatic heterocycles. The van der Waals surface area contributed by atoms with Crippen molar-refractivity contribution in [2.24, 2.45) is 11.8 Å². The molecule has 1 aliphatic carbocycles. The van der Waals surface area contributed by atoms with Gasteiger partial charge in [-0.1, -0.05) is 31.9 Å². The molecule has 160 valence electrons. The van der Waals surface area contributed by atoms with Crippen LogP contribution in [0.5, 0.6) is 0 Å². The average Bonchev–Trinajstić information content (AvgIpc) is 2.91. The first kappa shape index (κ1) is 22.6. The van der Waals surface area contributed by atoms with Crippen LogP contribution in [0.25, 0.3) is 0 Å². The number of alkyl halides is 2. The van der Waals surface area contributed by atoms with E-state index in [4.69, 9.17) is 4.74 Å². The number of anilines is 1. The molecular weight excluding hydrogens is 524 g/mol. The van der Waals surface area contributed by atoms with Gasteiger partial charge in [0.2, 0.25) is 11.8 Å². The number of nitrogens with one attached hydrogen (secondary N) is 1. The minimum atomic E-state index is -0.830. The van der Waals surface area contributed by atoms with Gasteiger partial charge in [-0.15, -0.1) is 0 Å². The molecule has 1 saturated heterocycles. The van der Waals surface area contributed by atoms with Crippen molar-refractivity contribution in [1.82, 2.24) is 4.90 Å². The molecule has 1 N–H and O–H groups in total. The van der Waals surface area contributed by atoms with Gasteiger partial charge in [0.15, 0.2) is 12.4 Å². The van der Waals surface area contributed by atoms with Gasteiger partial charge in [-0.05, 0) is 44.0 Å². The summed E-state index contributed by atoms with van der Waals surface area (Å²) in [6.07, 6.45) is 1.03. The summed E-state index contributed by atoms with van der Waals surface area (Å²) >= 11 is 7.01. The Morgan fingerprint density at radius 1 is 1.03 bits per heavy atom. The van der Waals surface area contributed by atoms with Crippen molar-refractivity contribution in [2.45, 2.75) is 29.4 Å². The number of nitrogens with zero attached hydrogens (tertiary/aromatic N) is 1. The second-order valence-corrected chi connectivity index (χ2v) is 9.67. The number of carbonyl (C=O) groups excluding carboxylic acids is 5. The van der Waals surface area contributed by atoms with Crippen LogP contribution in [0.4, 0.5) is 5.69 Å². The van der Waals surface area contributed by atoms with Crippen LogP contribution >= 0.6 is 31.9 Å². The van der Waals surface area contributed by atoms with Crippen LogP contribution in [0.3, 0.4) is 0 Å². The highest BCUT2D eigenvalue weighted by atomic mass is 79.9. The quantitative estimate of drug-likeness (QED) is 0.255. The number of ether oxygens (including phenoxy) is 1. The molecule has 0 bridgehead atoms. The molecule has 0 spiro atoms. The SMILES string of the molecule is CC(=O)c1ccc(NC(=O)COC(=O)CN2C(=O)[C@@H]3C[C@H](Br)[C@@H](Br)C[C@H]3C2=O)cc1. The zero-order valence-electron chi connectivity index (χ0n) is 16.1. The molecular formula is C20H20Br2N2O6. The number of hydrogen-bond donors (Lipinski definition) is 1. The van der Waals surface area contributed by atoms with Crippen molar-refractivity contribution in [3.05, 3.63) is 29.8 Å². The predicted octanol–water partition coefficient (Wildman–Crippen LogP) is 2.29. The van der Waals surface area contributed by atoms with Crippen molar-refractivity contribution in [3.8, 4) is 0 Å². The van der Waals surface area contributed by atoms with E-state index in [-0.39, 0.29) is 27.3 Å². The second-order valence-electron chi connectivity index (χ2n) is 7.32. The number of halogens is 2. The molecule has 1 aromatic carbocycles. The number of carbonyl (C=O) groups is 5. The Hall–Kier alpha value is -2.07. The summed E-state index contributed by atoms with van der Waals surface area (Å²) in [5.74, 6) is -3.12. The third-order valence-corrected chi connectivity index (χ3v) is 7.96. The largest absolute Gasteiger partial charge is 0.454 e. The molecule has 30 heavy (non-hydrogen) atoms. The van der Waals surface area contributed by atoms with Gasteiger partial charge >= 0.3 is 5.97 Å². The summed E-state index contributed by atoms with van der Waals surface area (Å²) in [7, 11) is 0. The summed E-state index contributed by atoms with van der Waals surface area (Å²) in [6, 6.07) is 6.27. The summed E-state index contributed by atoms with van der Waals surface area (Å²) in [5, 5.41) is 2.54. The fourth-order valence-corrected chi connectivity index (χ4v) is 4.86. The highest BCUT2D eigenvalue weighted by Gasteiger charge is 2.52. The summed E-state index contributed by atoms with van der Waals surface area (Å²) in [4.78, 5) is 61.5. The maximum Gasteiger partial charge on any atom is 0.326 e. The number of hydrogen-bond acceptors (Lipinski definition) is 6. The fourth-order valence-electron chi connectivity index (χ4n) is 3.63. The number of Topliss-reactive ketones (excluding diaryl/α,β-unsaturated/α-hetero) is 1. The molecule has 3 amide bonds. The Morgan fingerprint density at radius 3 is 2.07 bits per heavy atom. The lowest BCUT2D eigenvalue weighted by atomic mass is 9.81. The second kappa shape index (κ2) is 9.38. The van der Waals surface area contributed by atoms with Gasteiger partial charge < -0.3 is 10.1 Å². The molecule has 1 aromatic rings. The maximum absolute atomic E-state index is 12.6. The first-order valence-corrected chi connectivity index (χ1v) is 11.2. The first-order chi connectivity index (χ1) is 14.2. The van der Waals surface area contributed by atoms with Crippen LogP contribution in [-0.2, 0) is 23.9 Å². The van der Waals surface area contributed by atoms with E-state index in [9.17, 15) is 24.0 Å². The molecule has 0 radical (unpaired) electrons.